The van der Waals surface area contributed by atoms with Crippen LogP contribution in [0.3, 0.4) is 0 Å². The molecule has 0 bridgehead atoms. The van der Waals surface area contributed by atoms with Crippen LogP contribution < -0.4 is 0 Å². The summed E-state index contributed by atoms with van der Waals surface area (Å²) >= 11 is 0. The van der Waals surface area contributed by atoms with Crippen LogP contribution in [0.1, 0.15) is 50.4 Å². The third-order valence-electron chi connectivity index (χ3n) is 5.76. The molecule has 0 aliphatic heterocycles. The quantitative estimate of drug-likeness (QED) is 0.300. The predicted octanol–water partition coefficient (Wildman–Crippen LogP) is 3.11. The molecule has 8 nitrogen and oxygen atoms in total. The van der Waals surface area contributed by atoms with Gasteiger partial charge in [-0.05, 0) is 62.9 Å². The Morgan fingerprint density at radius 1 is 1.03 bits per heavy atom. The van der Waals surface area contributed by atoms with E-state index in [1.165, 1.54) is 24.3 Å². The van der Waals surface area contributed by atoms with Crippen LogP contribution in [-0.4, -0.2) is 81.0 Å². The molecular formula is C26H32FN2NaO6S. The van der Waals surface area contributed by atoms with E-state index < -0.39 is 40.3 Å². The number of aliphatic carboxylic acids is 1. The molecule has 0 radical (unpaired) electrons. The number of aliphatic hydroxyl groups excluding tert-OH is 2. The summed E-state index contributed by atoms with van der Waals surface area (Å²) in [5.74, 6) is -1.85. The van der Waals surface area contributed by atoms with Crippen LogP contribution in [0.15, 0.2) is 59.8 Å². The van der Waals surface area contributed by atoms with E-state index in [-0.39, 0.29) is 65.8 Å². The third-order valence-corrected chi connectivity index (χ3v) is 7.32. The molecule has 0 saturated carbocycles. The second kappa shape index (κ2) is 13.6. The summed E-state index contributed by atoms with van der Waals surface area (Å²) < 4.78 is 42.2. The minimum atomic E-state index is -3.87. The number of hydrogen-bond acceptors (Lipinski definition) is 6. The van der Waals surface area contributed by atoms with E-state index >= 15 is 0 Å². The molecule has 37 heavy (non-hydrogen) atoms. The van der Waals surface area contributed by atoms with Crippen molar-refractivity contribution in [2.24, 2.45) is 0 Å². The van der Waals surface area contributed by atoms with E-state index in [1.807, 2.05) is 13.8 Å². The van der Waals surface area contributed by atoms with E-state index in [2.05, 4.69) is 4.98 Å². The first kappa shape index (κ1) is 31.1. The molecule has 0 saturated heterocycles. The molecule has 0 aliphatic rings. The number of benzene rings is 2. The molecule has 0 unspecified atom stereocenters. The molecule has 3 rings (SSSR count). The van der Waals surface area contributed by atoms with Crippen LogP contribution >= 0.6 is 0 Å². The maximum atomic E-state index is 13.6. The number of aromatic nitrogens is 2. The number of carbonyl (C=O) groups is 1. The summed E-state index contributed by atoms with van der Waals surface area (Å²) in [5, 5.41) is 29.0. The molecular weight excluding hydrogens is 510 g/mol. The number of rotatable bonds is 12. The van der Waals surface area contributed by atoms with E-state index in [1.54, 1.807) is 34.9 Å². The SMILES string of the molecule is CC(C)n1c(S(=O)(=O)Cc2ccccc2)nc(-c2ccc(F)cc2)c1CC[C@@H](O)C[C@@H](O)CC(=O)O.[NaH]. The molecule has 0 fully saturated rings. The van der Waals surface area contributed by atoms with Crippen molar-refractivity contribution in [3.8, 4) is 11.3 Å². The van der Waals surface area contributed by atoms with Crippen molar-refractivity contribution in [1.29, 1.82) is 0 Å². The number of imidazole rings is 1. The summed E-state index contributed by atoms with van der Waals surface area (Å²) in [6.07, 6.45) is -2.48. The Hall–Kier alpha value is -2.08. The van der Waals surface area contributed by atoms with Crippen LogP contribution in [0, 0.1) is 5.82 Å². The summed E-state index contributed by atoms with van der Waals surface area (Å²) in [6, 6.07) is 14.0. The molecule has 3 aromatic rings. The Kier molecular flexibility index (Phi) is 11.5. The van der Waals surface area contributed by atoms with Gasteiger partial charge in [-0.3, -0.25) is 4.79 Å². The Morgan fingerprint density at radius 2 is 1.65 bits per heavy atom. The number of hydrogen-bond donors (Lipinski definition) is 3. The summed E-state index contributed by atoms with van der Waals surface area (Å²) in [7, 11) is -3.87. The standard InChI is InChI=1S/C26H31FN2O6S.Na.H/c1-17(2)29-23(13-12-21(30)14-22(31)15-24(32)33)25(19-8-10-20(27)11-9-19)28-26(29)36(34,35)16-18-6-4-3-5-7-18;;/h3-11,17,21-22,30-31H,12-16H2,1-2H3,(H,32,33);;/t21-,22-;;/m1../s1. The van der Waals surface area contributed by atoms with Gasteiger partial charge in [-0.2, -0.15) is 0 Å². The summed E-state index contributed by atoms with van der Waals surface area (Å²) in [4.78, 5) is 15.3. The molecule has 11 heteroatoms. The van der Waals surface area contributed by atoms with Crippen molar-refractivity contribution in [1.82, 2.24) is 9.55 Å². The van der Waals surface area contributed by atoms with Gasteiger partial charge in [0.15, 0.2) is 0 Å². The van der Waals surface area contributed by atoms with Gasteiger partial charge in [0, 0.05) is 17.3 Å². The van der Waals surface area contributed by atoms with E-state index in [9.17, 15) is 27.8 Å². The van der Waals surface area contributed by atoms with Crippen molar-refractivity contribution in [2.75, 3.05) is 0 Å². The van der Waals surface area contributed by atoms with E-state index in [0.717, 1.165) is 0 Å². The fourth-order valence-corrected chi connectivity index (χ4v) is 5.76. The third kappa shape index (κ3) is 8.46. The van der Waals surface area contributed by atoms with Crippen LogP contribution in [0.2, 0.25) is 0 Å². The zero-order chi connectivity index (χ0) is 26.5. The molecule has 0 aliphatic carbocycles. The molecule has 1 aromatic heterocycles. The number of halogens is 1. The maximum absolute atomic E-state index is 13.6. The zero-order valence-corrected chi connectivity index (χ0v) is 21.0. The fourth-order valence-electron chi connectivity index (χ4n) is 4.15. The molecule has 3 N–H and O–H groups in total. The molecule has 196 valence electrons. The van der Waals surface area contributed by atoms with Crippen LogP contribution in [0.4, 0.5) is 4.39 Å². The van der Waals surface area contributed by atoms with Crippen molar-refractivity contribution >= 4 is 45.4 Å². The van der Waals surface area contributed by atoms with Crippen LogP contribution in [0.5, 0.6) is 0 Å². The zero-order valence-electron chi connectivity index (χ0n) is 20.2. The summed E-state index contributed by atoms with van der Waals surface area (Å²) in [6.45, 7) is 3.66. The number of sulfone groups is 1. The summed E-state index contributed by atoms with van der Waals surface area (Å²) in [5.41, 5.74) is 2.06. The number of carboxylic acids is 1. The average molecular weight is 543 g/mol. The average Bonchev–Trinajstić information content (AvgIpc) is 3.19. The monoisotopic (exact) mass is 542 g/mol. The van der Waals surface area contributed by atoms with Gasteiger partial charge >= 0.3 is 35.5 Å². The van der Waals surface area contributed by atoms with Crippen molar-refractivity contribution in [3.63, 3.8) is 0 Å². The van der Waals surface area contributed by atoms with Crippen molar-refractivity contribution in [2.45, 2.75) is 68.7 Å². The van der Waals surface area contributed by atoms with E-state index in [0.29, 0.717) is 22.5 Å². The molecule has 2 atom stereocenters. The van der Waals surface area contributed by atoms with Gasteiger partial charge < -0.3 is 19.9 Å². The Labute approximate surface area is 238 Å². The molecule has 2 aromatic carbocycles. The first-order valence-electron chi connectivity index (χ1n) is 11.7. The minimum absolute atomic E-state index is 0. The predicted molar refractivity (Wildman–Crippen MR) is 140 cm³/mol. The number of nitrogens with zero attached hydrogens (tertiary/aromatic N) is 2. The Morgan fingerprint density at radius 3 is 2.22 bits per heavy atom. The number of aliphatic hydroxyl groups is 2. The molecule has 0 spiro atoms. The second-order valence-electron chi connectivity index (χ2n) is 9.08. The van der Waals surface area contributed by atoms with Gasteiger partial charge in [0.1, 0.15) is 5.82 Å². The van der Waals surface area contributed by atoms with Gasteiger partial charge in [-0.1, -0.05) is 30.3 Å². The van der Waals surface area contributed by atoms with Crippen LogP contribution in [0.25, 0.3) is 11.3 Å². The second-order valence-corrected chi connectivity index (χ2v) is 11.0. The molecule has 1 heterocycles. The van der Waals surface area contributed by atoms with Gasteiger partial charge in [0.25, 0.3) is 0 Å². The van der Waals surface area contributed by atoms with Gasteiger partial charge in [0.05, 0.1) is 30.1 Å². The van der Waals surface area contributed by atoms with Crippen LogP contribution in [-0.2, 0) is 26.8 Å². The van der Waals surface area contributed by atoms with Crippen molar-refractivity contribution in [3.05, 3.63) is 71.7 Å². The topological polar surface area (TPSA) is 130 Å². The van der Waals surface area contributed by atoms with E-state index in [4.69, 9.17) is 5.11 Å². The molecule has 0 amide bonds. The first-order valence-corrected chi connectivity index (χ1v) is 13.3. The number of carboxylic acid groups (broad SMARTS) is 1. The van der Waals surface area contributed by atoms with Gasteiger partial charge in [0.2, 0.25) is 15.0 Å². The fraction of sp³-hybridized carbons (Fsp3) is 0.385. The normalized spacial score (nSPS) is 13.2. The Bertz CT molecular complexity index is 1280. The first-order chi connectivity index (χ1) is 17.0. The van der Waals surface area contributed by atoms with Crippen molar-refractivity contribution < 1.29 is 32.9 Å². The van der Waals surface area contributed by atoms with Gasteiger partial charge in [-0.25, -0.2) is 17.8 Å². The Balaban J connectivity index is 0.00000481. The van der Waals surface area contributed by atoms with Gasteiger partial charge in [-0.15, -0.1) is 0 Å².